The number of benzene rings is 10. The van der Waals surface area contributed by atoms with Crippen molar-refractivity contribution in [2.45, 2.75) is 10.8 Å². The summed E-state index contributed by atoms with van der Waals surface area (Å²) in [4.78, 5) is 2.47. The molecule has 0 radical (unpaired) electrons. The van der Waals surface area contributed by atoms with E-state index in [1.165, 1.54) is 44.5 Å². The van der Waals surface area contributed by atoms with Gasteiger partial charge in [0.2, 0.25) is 0 Å². The van der Waals surface area contributed by atoms with Gasteiger partial charge in [-0.1, -0.05) is 250 Å². The van der Waals surface area contributed by atoms with Gasteiger partial charge in [-0.2, -0.15) is 0 Å². The van der Waals surface area contributed by atoms with Gasteiger partial charge in [0.1, 0.15) is 0 Å². The highest BCUT2D eigenvalue weighted by Crippen LogP contribution is 2.65. The summed E-state index contributed by atoms with van der Waals surface area (Å²) >= 11 is 0. The zero-order valence-electron chi connectivity index (χ0n) is 38.3. The van der Waals surface area contributed by atoms with Crippen LogP contribution in [0.1, 0.15) is 44.5 Å². The van der Waals surface area contributed by atoms with E-state index in [1.54, 1.807) is 0 Å². The number of hydrogen-bond donors (Lipinski definition) is 0. The predicted molar refractivity (Wildman–Crippen MR) is 289 cm³/mol. The van der Waals surface area contributed by atoms with Gasteiger partial charge in [-0.05, 0) is 120 Å². The standard InChI is InChI=1S/C68H49N/c1-3-58-59(4-2)68(62-37-22-20-35-60(62)67(54-31-16-8-17-32-54,55-33-18-9-19-34-55)61-36-21-23-38-63(61)68)64-39-24-40-65(66(58)64)69(56-43-41-51(42-44-56)48-25-10-5-11-26-48)57-46-52(49-27-12-6-13-28-49)45-53(47-57)50-29-14-7-15-30-50/h3-47H,1-2H2. The lowest BCUT2D eigenvalue weighted by molar-refractivity contribution is 0.621. The van der Waals surface area contributed by atoms with Crippen LogP contribution < -0.4 is 4.90 Å². The van der Waals surface area contributed by atoms with Gasteiger partial charge in [-0.3, -0.25) is 0 Å². The molecule has 1 spiro atoms. The minimum Gasteiger partial charge on any atom is -0.310 e. The van der Waals surface area contributed by atoms with E-state index < -0.39 is 10.8 Å². The molecule has 0 saturated carbocycles. The van der Waals surface area contributed by atoms with Crippen molar-refractivity contribution in [3.8, 4) is 33.4 Å². The molecule has 2 aliphatic rings. The first kappa shape index (κ1) is 41.6. The van der Waals surface area contributed by atoms with E-state index in [0.717, 1.165) is 61.6 Å². The van der Waals surface area contributed by atoms with Gasteiger partial charge in [-0.15, -0.1) is 0 Å². The van der Waals surface area contributed by atoms with Crippen LogP contribution in [0.3, 0.4) is 0 Å². The molecule has 0 unspecified atom stereocenters. The summed E-state index contributed by atoms with van der Waals surface area (Å²) in [6.07, 6.45) is 4.18. The number of fused-ring (bicyclic) bond motifs is 6. The van der Waals surface area contributed by atoms with Gasteiger partial charge < -0.3 is 4.90 Å². The molecule has 2 aliphatic carbocycles. The quantitative estimate of drug-likeness (QED) is 0.132. The fourth-order valence-corrected chi connectivity index (χ4v) is 11.8. The number of anilines is 3. The molecule has 10 aromatic carbocycles. The van der Waals surface area contributed by atoms with Gasteiger partial charge in [0.25, 0.3) is 0 Å². The molecule has 12 rings (SSSR count). The maximum Gasteiger partial charge on any atom is 0.0720 e. The van der Waals surface area contributed by atoms with Crippen molar-refractivity contribution in [3.05, 3.63) is 336 Å². The Bertz CT molecular complexity index is 3410. The zero-order chi connectivity index (χ0) is 46.4. The third-order valence-electron chi connectivity index (χ3n) is 14.6. The van der Waals surface area contributed by atoms with E-state index in [2.05, 4.69) is 291 Å². The third kappa shape index (κ3) is 6.46. The first-order valence-corrected chi connectivity index (χ1v) is 23.8. The summed E-state index contributed by atoms with van der Waals surface area (Å²) < 4.78 is 0. The van der Waals surface area contributed by atoms with Crippen LogP contribution in [0.5, 0.6) is 0 Å². The summed E-state index contributed by atoms with van der Waals surface area (Å²) in [6.45, 7) is 9.30. The van der Waals surface area contributed by atoms with Gasteiger partial charge in [0.05, 0.1) is 16.5 Å². The molecule has 0 fully saturated rings. The lowest BCUT2D eigenvalue weighted by Gasteiger charge is -2.50. The minimum atomic E-state index is -0.735. The second kappa shape index (κ2) is 17.1. The number of nitrogens with zero attached hydrogens (tertiary/aromatic N) is 1. The Morgan fingerprint density at radius 2 is 0.696 bits per heavy atom. The molecule has 0 heterocycles. The Morgan fingerprint density at radius 1 is 0.304 bits per heavy atom. The van der Waals surface area contributed by atoms with E-state index in [-0.39, 0.29) is 0 Å². The fraction of sp³-hybridized carbons (Fsp3) is 0.0294. The van der Waals surface area contributed by atoms with Gasteiger partial charge in [0, 0.05) is 16.9 Å². The molecule has 326 valence electrons. The molecule has 10 aromatic rings. The van der Waals surface area contributed by atoms with Crippen LogP contribution in [0, 0.1) is 0 Å². The number of hydrogen-bond acceptors (Lipinski definition) is 1. The van der Waals surface area contributed by atoms with Crippen molar-refractivity contribution < 1.29 is 0 Å². The molecule has 0 aromatic heterocycles. The highest BCUT2D eigenvalue weighted by Gasteiger charge is 2.57. The predicted octanol–water partition coefficient (Wildman–Crippen LogP) is 17.3. The Balaban J connectivity index is 1.17. The molecule has 0 atom stereocenters. The maximum atomic E-state index is 4.67. The highest BCUT2D eigenvalue weighted by atomic mass is 15.1. The SMILES string of the molecule is C=CC1=C(C=C)C2(c3ccccc3C(c3ccccc3)(c3ccccc3)c3ccccc32)c2cccc(N(c3ccc(-c4ccccc4)cc3)c3cc(-c4ccccc4)cc(-c4ccccc4)c3)c21. The van der Waals surface area contributed by atoms with Crippen LogP contribution in [-0.2, 0) is 10.8 Å². The van der Waals surface area contributed by atoms with E-state index >= 15 is 0 Å². The van der Waals surface area contributed by atoms with E-state index in [4.69, 9.17) is 0 Å². The summed E-state index contributed by atoms with van der Waals surface area (Å²) in [5, 5.41) is 0. The van der Waals surface area contributed by atoms with Crippen LogP contribution in [0.25, 0.3) is 39.0 Å². The van der Waals surface area contributed by atoms with Crippen LogP contribution in [-0.4, -0.2) is 0 Å². The van der Waals surface area contributed by atoms with Crippen LogP contribution in [0.15, 0.2) is 292 Å². The van der Waals surface area contributed by atoms with Crippen molar-refractivity contribution in [2.24, 2.45) is 0 Å². The summed E-state index contributed by atoms with van der Waals surface area (Å²) in [7, 11) is 0. The van der Waals surface area contributed by atoms with Crippen molar-refractivity contribution in [3.63, 3.8) is 0 Å². The second-order valence-electron chi connectivity index (χ2n) is 18.0. The Morgan fingerprint density at radius 3 is 1.14 bits per heavy atom. The average Bonchev–Trinajstić information content (AvgIpc) is 3.73. The molecule has 0 amide bonds. The molecule has 0 N–H and O–H groups in total. The van der Waals surface area contributed by atoms with Crippen molar-refractivity contribution in [1.82, 2.24) is 0 Å². The smallest absolute Gasteiger partial charge is 0.0720 e. The average molecular weight is 880 g/mol. The Hall–Kier alpha value is -8.78. The van der Waals surface area contributed by atoms with E-state index in [9.17, 15) is 0 Å². The van der Waals surface area contributed by atoms with Crippen molar-refractivity contribution >= 4 is 22.6 Å². The lowest BCUT2D eigenvalue weighted by Crippen LogP contribution is -2.45. The number of rotatable bonds is 10. The van der Waals surface area contributed by atoms with Crippen LogP contribution >= 0.6 is 0 Å². The largest absolute Gasteiger partial charge is 0.310 e. The molecule has 0 saturated heterocycles. The Labute approximate surface area is 406 Å². The monoisotopic (exact) mass is 879 g/mol. The number of allylic oxidation sites excluding steroid dienone is 4. The van der Waals surface area contributed by atoms with Crippen molar-refractivity contribution in [2.75, 3.05) is 4.90 Å². The van der Waals surface area contributed by atoms with Crippen LogP contribution in [0.4, 0.5) is 17.1 Å². The van der Waals surface area contributed by atoms with Gasteiger partial charge in [0.15, 0.2) is 0 Å². The topological polar surface area (TPSA) is 3.24 Å². The normalized spacial score (nSPS) is 13.8. The molecule has 1 nitrogen and oxygen atoms in total. The lowest BCUT2D eigenvalue weighted by atomic mass is 9.51. The summed E-state index contributed by atoms with van der Waals surface area (Å²) in [5.74, 6) is 0. The van der Waals surface area contributed by atoms with Crippen molar-refractivity contribution in [1.29, 1.82) is 0 Å². The summed E-state index contributed by atoms with van der Waals surface area (Å²) in [5.41, 5.74) is 20.7. The first-order valence-electron chi connectivity index (χ1n) is 23.8. The first-order chi connectivity index (χ1) is 34.2. The van der Waals surface area contributed by atoms with Gasteiger partial charge >= 0.3 is 0 Å². The van der Waals surface area contributed by atoms with Gasteiger partial charge in [-0.25, -0.2) is 0 Å². The molecule has 0 aliphatic heterocycles. The zero-order valence-corrected chi connectivity index (χ0v) is 38.3. The molecule has 0 bridgehead atoms. The fourth-order valence-electron chi connectivity index (χ4n) is 11.8. The molecule has 1 heteroatoms. The molecular formula is C68H49N. The maximum absolute atomic E-state index is 4.67. The molecular weight excluding hydrogens is 831 g/mol. The summed E-state index contributed by atoms with van der Waals surface area (Å²) in [6, 6.07) is 95.5. The third-order valence-corrected chi connectivity index (χ3v) is 14.6. The Kier molecular flexibility index (Phi) is 10.3. The van der Waals surface area contributed by atoms with E-state index in [1.807, 2.05) is 0 Å². The van der Waals surface area contributed by atoms with Crippen LogP contribution in [0.2, 0.25) is 0 Å². The highest BCUT2D eigenvalue weighted by molar-refractivity contribution is 6.01. The van der Waals surface area contributed by atoms with E-state index in [0.29, 0.717) is 0 Å². The second-order valence-corrected chi connectivity index (χ2v) is 18.0. The minimum absolute atomic E-state index is 0.611. The molecule has 69 heavy (non-hydrogen) atoms.